The van der Waals surface area contributed by atoms with Crippen molar-refractivity contribution in [2.75, 3.05) is 26.7 Å². The van der Waals surface area contributed by atoms with Crippen LogP contribution in [0.15, 0.2) is 11.9 Å². The first-order valence-electron chi connectivity index (χ1n) is 4.44. The largest absolute Gasteiger partial charge is 0.400 e. The van der Waals surface area contributed by atoms with Crippen molar-refractivity contribution >= 4 is 5.91 Å². The molecule has 0 aromatic carbocycles. The SMILES string of the molecule is CNN(/C=C(\N)CN)CCNC(C)=O. The van der Waals surface area contributed by atoms with Gasteiger partial charge in [-0.05, 0) is 0 Å². The summed E-state index contributed by atoms with van der Waals surface area (Å²) in [5, 5.41) is 4.44. The van der Waals surface area contributed by atoms with E-state index in [1.807, 2.05) is 0 Å². The molecule has 0 rings (SSSR count). The third-order valence-electron chi connectivity index (χ3n) is 1.57. The number of nitrogens with one attached hydrogen (secondary N) is 2. The van der Waals surface area contributed by atoms with E-state index in [9.17, 15) is 4.79 Å². The van der Waals surface area contributed by atoms with Gasteiger partial charge in [-0.1, -0.05) is 0 Å². The summed E-state index contributed by atoms with van der Waals surface area (Å²) in [6.07, 6.45) is 1.71. The van der Waals surface area contributed by atoms with Crippen molar-refractivity contribution in [3.05, 3.63) is 11.9 Å². The maximum absolute atomic E-state index is 10.6. The second kappa shape index (κ2) is 7.16. The van der Waals surface area contributed by atoms with Gasteiger partial charge in [-0.15, -0.1) is 0 Å². The molecule has 0 aromatic heterocycles. The van der Waals surface area contributed by atoms with Gasteiger partial charge in [0.25, 0.3) is 0 Å². The summed E-state index contributed by atoms with van der Waals surface area (Å²) in [7, 11) is 1.77. The van der Waals surface area contributed by atoms with Gasteiger partial charge in [0.15, 0.2) is 0 Å². The highest BCUT2D eigenvalue weighted by Crippen LogP contribution is 1.86. The Bertz CT molecular complexity index is 204. The van der Waals surface area contributed by atoms with Crippen LogP contribution in [0.5, 0.6) is 0 Å². The van der Waals surface area contributed by atoms with Crippen LogP contribution < -0.4 is 22.2 Å². The molecule has 0 heterocycles. The van der Waals surface area contributed by atoms with Crippen molar-refractivity contribution in [3.63, 3.8) is 0 Å². The van der Waals surface area contributed by atoms with E-state index in [4.69, 9.17) is 11.5 Å². The second-order valence-corrected chi connectivity index (χ2v) is 2.81. The van der Waals surface area contributed by atoms with E-state index in [2.05, 4.69) is 10.7 Å². The van der Waals surface area contributed by atoms with Crippen molar-refractivity contribution in [1.29, 1.82) is 0 Å². The number of hydrogen-bond donors (Lipinski definition) is 4. The van der Waals surface area contributed by atoms with Crippen LogP contribution in [-0.2, 0) is 4.79 Å². The van der Waals surface area contributed by atoms with Gasteiger partial charge in [-0.2, -0.15) is 0 Å². The average Bonchev–Trinajstić information content (AvgIpc) is 2.15. The molecule has 0 atom stereocenters. The molecule has 14 heavy (non-hydrogen) atoms. The molecule has 6 heteroatoms. The molecule has 6 nitrogen and oxygen atoms in total. The minimum atomic E-state index is -0.0446. The fourth-order valence-corrected chi connectivity index (χ4v) is 0.846. The molecule has 0 aliphatic rings. The number of nitrogens with two attached hydrogens (primary N) is 2. The molecular formula is C8H19N5O. The van der Waals surface area contributed by atoms with Crippen LogP contribution in [0.4, 0.5) is 0 Å². The van der Waals surface area contributed by atoms with Crippen molar-refractivity contribution in [1.82, 2.24) is 15.8 Å². The molecule has 0 saturated heterocycles. The maximum Gasteiger partial charge on any atom is 0.216 e. The van der Waals surface area contributed by atoms with E-state index in [0.717, 1.165) is 0 Å². The first-order valence-corrected chi connectivity index (χ1v) is 4.44. The van der Waals surface area contributed by atoms with Crippen LogP contribution in [-0.4, -0.2) is 37.6 Å². The molecule has 0 spiro atoms. The molecule has 0 radical (unpaired) electrons. The van der Waals surface area contributed by atoms with Gasteiger partial charge < -0.3 is 21.8 Å². The van der Waals surface area contributed by atoms with Gasteiger partial charge in [0.2, 0.25) is 5.91 Å². The highest BCUT2D eigenvalue weighted by molar-refractivity contribution is 5.72. The number of nitrogens with zero attached hydrogens (tertiary/aromatic N) is 1. The molecular weight excluding hydrogens is 182 g/mol. The van der Waals surface area contributed by atoms with Crippen LogP contribution in [0.3, 0.4) is 0 Å². The third kappa shape index (κ3) is 6.27. The Labute approximate surface area is 84.3 Å². The average molecular weight is 201 g/mol. The van der Waals surface area contributed by atoms with E-state index in [1.165, 1.54) is 6.92 Å². The van der Waals surface area contributed by atoms with Crippen LogP contribution in [0, 0.1) is 0 Å². The quantitative estimate of drug-likeness (QED) is 0.385. The Kier molecular flexibility index (Phi) is 6.51. The van der Waals surface area contributed by atoms with Gasteiger partial charge in [-0.25, -0.2) is 5.43 Å². The van der Waals surface area contributed by atoms with Gasteiger partial charge in [0, 0.05) is 39.0 Å². The zero-order valence-corrected chi connectivity index (χ0v) is 8.71. The van der Waals surface area contributed by atoms with Crippen molar-refractivity contribution < 1.29 is 4.79 Å². The fourth-order valence-electron chi connectivity index (χ4n) is 0.846. The Hall–Kier alpha value is -1.27. The van der Waals surface area contributed by atoms with E-state index in [-0.39, 0.29) is 5.91 Å². The molecule has 1 amide bonds. The van der Waals surface area contributed by atoms with E-state index in [1.54, 1.807) is 18.3 Å². The van der Waals surface area contributed by atoms with Crippen LogP contribution in [0.2, 0.25) is 0 Å². The lowest BCUT2D eigenvalue weighted by Gasteiger charge is -2.19. The number of rotatable bonds is 6. The van der Waals surface area contributed by atoms with Gasteiger partial charge in [0.1, 0.15) is 0 Å². The normalized spacial score (nSPS) is 11.2. The molecule has 0 unspecified atom stereocenters. The Morgan fingerprint density at radius 1 is 1.57 bits per heavy atom. The lowest BCUT2D eigenvalue weighted by atomic mass is 10.4. The van der Waals surface area contributed by atoms with Crippen molar-refractivity contribution in [2.24, 2.45) is 11.5 Å². The first kappa shape index (κ1) is 12.7. The standard InChI is InChI=1S/C8H19N5O/c1-7(14)12-3-4-13(11-2)6-8(10)5-9/h6,11H,3-5,9-10H2,1-2H3,(H,12,14)/b8-6-. The molecule has 6 N–H and O–H groups in total. The van der Waals surface area contributed by atoms with Crippen LogP contribution in [0.1, 0.15) is 6.92 Å². The summed E-state index contributed by atoms with van der Waals surface area (Å²) < 4.78 is 0. The third-order valence-corrected chi connectivity index (χ3v) is 1.57. The summed E-state index contributed by atoms with van der Waals surface area (Å²) in [5.41, 5.74) is 14.4. The highest BCUT2D eigenvalue weighted by Gasteiger charge is 1.97. The number of hydrogen-bond acceptors (Lipinski definition) is 5. The van der Waals surface area contributed by atoms with E-state index < -0.39 is 0 Å². The number of amides is 1. The van der Waals surface area contributed by atoms with Crippen molar-refractivity contribution in [2.45, 2.75) is 6.92 Å². The summed E-state index contributed by atoms with van der Waals surface area (Å²) in [6.45, 7) is 2.99. The minimum Gasteiger partial charge on any atom is -0.400 e. The highest BCUT2D eigenvalue weighted by atomic mass is 16.1. The lowest BCUT2D eigenvalue weighted by molar-refractivity contribution is -0.119. The molecule has 0 saturated carbocycles. The number of hydrazine groups is 1. The molecule has 0 aliphatic carbocycles. The summed E-state index contributed by atoms with van der Waals surface area (Å²) in [6, 6.07) is 0. The van der Waals surface area contributed by atoms with Gasteiger partial charge in [0.05, 0.1) is 6.54 Å². The lowest BCUT2D eigenvalue weighted by Crippen LogP contribution is -2.38. The smallest absolute Gasteiger partial charge is 0.216 e. The summed E-state index contributed by atoms with van der Waals surface area (Å²) in [5.74, 6) is -0.0446. The van der Waals surface area contributed by atoms with Crippen molar-refractivity contribution in [3.8, 4) is 0 Å². The zero-order valence-electron chi connectivity index (χ0n) is 8.71. The molecule has 0 fully saturated rings. The second-order valence-electron chi connectivity index (χ2n) is 2.81. The monoisotopic (exact) mass is 201 g/mol. The molecule has 0 bridgehead atoms. The number of carbonyl (C=O) groups excluding carboxylic acids is 1. The predicted molar refractivity (Wildman–Crippen MR) is 55.8 cm³/mol. The predicted octanol–water partition coefficient (Wildman–Crippen LogP) is -1.68. The minimum absolute atomic E-state index is 0.0446. The Balaban J connectivity index is 3.85. The van der Waals surface area contributed by atoms with Gasteiger partial charge >= 0.3 is 0 Å². The zero-order chi connectivity index (χ0) is 11.0. The first-order chi connectivity index (χ1) is 6.60. The topological polar surface area (TPSA) is 96.4 Å². The molecule has 0 aliphatic heterocycles. The van der Waals surface area contributed by atoms with E-state index in [0.29, 0.717) is 25.3 Å². The van der Waals surface area contributed by atoms with E-state index >= 15 is 0 Å². The van der Waals surface area contributed by atoms with Crippen LogP contribution in [0.25, 0.3) is 0 Å². The Morgan fingerprint density at radius 2 is 2.21 bits per heavy atom. The van der Waals surface area contributed by atoms with Gasteiger partial charge in [-0.3, -0.25) is 4.79 Å². The number of carbonyl (C=O) groups is 1. The summed E-state index contributed by atoms with van der Waals surface area (Å²) in [4.78, 5) is 10.6. The Morgan fingerprint density at radius 3 is 2.64 bits per heavy atom. The maximum atomic E-state index is 10.6. The molecule has 0 aromatic rings. The fraction of sp³-hybridized carbons (Fsp3) is 0.625. The summed E-state index contributed by atoms with van der Waals surface area (Å²) >= 11 is 0. The van der Waals surface area contributed by atoms with Crippen LogP contribution >= 0.6 is 0 Å². The molecule has 82 valence electrons.